The summed E-state index contributed by atoms with van der Waals surface area (Å²) in [6.45, 7) is 2.91. The van der Waals surface area contributed by atoms with Crippen LogP contribution in [-0.2, 0) is 12.4 Å². The molecule has 2 aromatic rings. The molecular formula is C14H16ClN3. The number of halogens is 1. The summed E-state index contributed by atoms with van der Waals surface area (Å²) in [6.07, 6.45) is 0. The highest BCUT2D eigenvalue weighted by molar-refractivity contribution is 6.16. The fraction of sp³-hybridized carbons (Fsp3) is 0.286. The van der Waals surface area contributed by atoms with Crippen molar-refractivity contribution in [3.05, 3.63) is 53.2 Å². The minimum Gasteiger partial charge on any atom is -0.354 e. The number of nitrogens with zero attached hydrogens (tertiary/aromatic N) is 3. The Labute approximate surface area is 112 Å². The van der Waals surface area contributed by atoms with Crippen molar-refractivity contribution in [2.45, 2.75) is 19.3 Å². The molecule has 0 atom stereocenters. The number of benzene rings is 1. The molecule has 1 aromatic heterocycles. The van der Waals surface area contributed by atoms with Gasteiger partial charge in [0.05, 0.1) is 11.6 Å². The lowest BCUT2D eigenvalue weighted by Gasteiger charge is -2.17. The molecular weight excluding hydrogens is 246 g/mol. The van der Waals surface area contributed by atoms with E-state index in [0.717, 1.165) is 18.1 Å². The molecule has 0 unspecified atom stereocenters. The highest BCUT2D eigenvalue weighted by atomic mass is 35.5. The van der Waals surface area contributed by atoms with E-state index in [1.165, 1.54) is 11.1 Å². The van der Waals surface area contributed by atoms with Crippen LogP contribution in [-0.4, -0.2) is 17.2 Å². The molecule has 0 radical (unpaired) electrons. The number of aryl methyl sites for hydroxylation is 1. The van der Waals surface area contributed by atoms with E-state index >= 15 is 0 Å². The van der Waals surface area contributed by atoms with Crippen LogP contribution in [0.4, 0.5) is 5.82 Å². The maximum absolute atomic E-state index is 5.69. The Kier molecular flexibility index (Phi) is 4.15. The average Bonchev–Trinajstić information content (AvgIpc) is 2.39. The van der Waals surface area contributed by atoms with E-state index in [1.54, 1.807) is 0 Å². The van der Waals surface area contributed by atoms with Gasteiger partial charge in [-0.2, -0.15) is 5.10 Å². The first kappa shape index (κ1) is 12.8. The third-order valence-electron chi connectivity index (χ3n) is 2.74. The van der Waals surface area contributed by atoms with E-state index in [2.05, 4.69) is 46.3 Å². The fourth-order valence-electron chi connectivity index (χ4n) is 1.79. The zero-order valence-electron chi connectivity index (χ0n) is 10.6. The lowest BCUT2D eigenvalue weighted by atomic mass is 10.1. The normalized spacial score (nSPS) is 10.4. The van der Waals surface area contributed by atoms with Gasteiger partial charge in [0.25, 0.3) is 0 Å². The first-order valence-corrected chi connectivity index (χ1v) is 6.38. The zero-order valence-corrected chi connectivity index (χ0v) is 11.4. The van der Waals surface area contributed by atoms with Crippen LogP contribution in [0.1, 0.15) is 16.8 Å². The molecule has 0 saturated carbocycles. The Balaban J connectivity index is 2.09. The Bertz CT molecular complexity index is 511. The number of hydrogen-bond donors (Lipinski definition) is 0. The first-order chi connectivity index (χ1) is 8.69. The molecule has 0 aliphatic rings. The fourth-order valence-corrected chi connectivity index (χ4v) is 1.94. The van der Waals surface area contributed by atoms with E-state index < -0.39 is 0 Å². The van der Waals surface area contributed by atoms with Crippen molar-refractivity contribution in [3.63, 3.8) is 0 Å². The molecule has 2 rings (SSSR count). The second-order valence-electron chi connectivity index (χ2n) is 4.36. The maximum atomic E-state index is 5.69. The average molecular weight is 262 g/mol. The summed E-state index contributed by atoms with van der Waals surface area (Å²) < 4.78 is 0. The predicted molar refractivity (Wildman–Crippen MR) is 74.9 cm³/mol. The van der Waals surface area contributed by atoms with Gasteiger partial charge in [0.2, 0.25) is 0 Å². The van der Waals surface area contributed by atoms with Crippen LogP contribution in [0.3, 0.4) is 0 Å². The van der Waals surface area contributed by atoms with Crippen LogP contribution < -0.4 is 4.90 Å². The molecule has 0 N–H and O–H groups in total. The van der Waals surface area contributed by atoms with Crippen molar-refractivity contribution in [3.8, 4) is 0 Å². The molecule has 0 aliphatic carbocycles. The van der Waals surface area contributed by atoms with Gasteiger partial charge in [-0.05, 0) is 24.6 Å². The van der Waals surface area contributed by atoms with Crippen LogP contribution in [0.25, 0.3) is 0 Å². The van der Waals surface area contributed by atoms with Gasteiger partial charge < -0.3 is 4.90 Å². The highest BCUT2D eigenvalue weighted by Gasteiger charge is 2.04. The molecule has 0 spiro atoms. The second-order valence-corrected chi connectivity index (χ2v) is 4.63. The standard InChI is InChI=1S/C14H16ClN3/c1-11-4-3-5-12(8-11)10-18(2)14-7-6-13(9-15)16-17-14/h3-8H,9-10H2,1-2H3. The van der Waals surface area contributed by atoms with Crippen LogP contribution in [0.5, 0.6) is 0 Å². The van der Waals surface area contributed by atoms with Gasteiger partial charge in [-0.15, -0.1) is 16.7 Å². The van der Waals surface area contributed by atoms with E-state index in [4.69, 9.17) is 11.6 Å². The highest BCUT2D eigenvalue weighted by Crippen LogP contribution is 2.13. The molecule has 0 bridgehead atoms. The van der Waals surface area contributed by atoms with Crippen molar-refractivity contribution in [2.75, 3.05) is 11.9 Å². The van der Waals surface area contributed by atoms with Crippen LogP contribution in [0, 0.1) is 6.92 Å². The van der Waals surface area contributed by atoms with Crippen molar-refractivity contribution in [1.29, 1.82) is 0 Å². The third kappa shape index (κ3) is 3.20. The number of hydrogen-bond acceptors (Lipinski definition) is 3. The van der Waals surface area contributed by atoms with E-state index in [1.807, 2.05) is 19.2 Å². The minimum absolute atomic E-state index is 0.398. The number of aromatic nitrogens is 2. The summed E-state index contributed by atoms with van der Waals surface area (Å²) in [5.41, 5.74) is 3.33. The molecule has 94 valence electrons. The Morgan fingerprint density at radius 2 is 2.00 bits per heavy atom. The molecule has 4 heteroatoms. The minimum atomic E-state index is 0.398. The molecule has 1 aromatic carbocycles. The first-order valence-electron chi connectivity index (χ1n) is 5.84. The van der Waals surface area contributed by atoms with Gasteiger partial charge in [0.15, 0.2) is 5.82 Å². The Hall–Kier alpha value is -1.61. The quantitative estimate of drug-likeness (QED) is 0.792. The third-order valence-corrected chi connectivity index (χ3v) is 3.01. The maximum Gasteiger partial charge on any atom is 0.151 e. The summed E-state index contributed by atoms with van der Waals surface area (Å²) in [5.74, 6) is 1.25. The monoisotopic (exact) mass is 261 g/mol. The summed E-state index contributed by atoms with van der Waals surface area (Å²) in [5, 5.41) is 8.21. The van der Waals surface area contributed by atoms with Gasteiger partial charge in [0.1, 0.15) is 0 Å². The summed E-state index contributed by atoms with van der Waals surface area (Å²) in [4.78, 5) is 2.07. The van der Waals surface area contributed by atoms with Crippen molar-refractivity contribution < 1.29 is 0 Å². The summed E-state index contributed by atoms with van der Waals surface area (Å²) >= 11 is 5.69. The lowest BCUT2D eigenvalue weighted by Crippen LogP contribution is -2.18. The topological polar surface area (TPSA) is 29.0 Å². The lowest BCUT2D eigenvalue weighted by molar-refractivity contribution is 0.853. The van der Waals surface area contributed by atoms with E-state index in [-0.39, 0.29) is 0 Å². The zero-order chi connectivity index (χ0) is 13.0. The van der Waals surface area contributed by atoms with Crippen LogP contribution >= 0.6 is 11.6 Å². The molecule has 3 nitrogen and oxygen atoms in total. The molecule has 0 aliphatic heterocycles. The van der Waals surface area contributed by atoms with Crippen molar-refractivity contribution >= 4 is 17.4 Å². The van der Waals surface area contributed by atoms with Gasteiger partial charge in [-0.1, -0.05) is 29.8 Å². The summed E-state index contributed by atoms with van der Waals surface area (Å²) in [7, 11) is 2.01. The second kappa shape index (κ2) is 5.83. The predicted octanol–water partition coefficient (Wildman–Crippen LogP) is 3.16. The van der Waals surface area contributed by atoms with Gasteiger partial charge in [-0.3, -0.25) is 0 Å². The molecule has 0 amide bonds. The van der Waals surface area contributed by atoms with Gasteiger partial charge >= 0.3 is 0 Å². The number of anilines is 1. The van der Waals surface area contributed by atoms with Crippen LogP contribution in [0.15, 0.2) is 36.4 Å². The molecule has 0 saturated heterocycles. The smallest absolute Gasteiger partial charge is 0.151 e. The van der Waals surface area contributed by atoms with Crippen LogP contribution in [0.2, 0.25) is 0 Å². The summed E-state index contributed by atoms with van der Waals surface area (Å²) in [6, 6.07) is 12.3. The molecule has 1 heterocycles. The van der Waals surface area contributed by atoms with Crippen molar-refractivity contribution in [1.82, 2.24) is 10.2 Å². The van der Waals surface area contributed by atoms with E-state index in [9.17, 15) is 0 Å². The number of rotatable bonds is 4. The molecule has 18 heavy (non-hydrogen) atoms. The van der Waals surface area contributed by atoms with Crippen molar-refractivity contribution in [2.24, 2.45) is 0 Å². The largest absolute Gasteiger partial charge is 0.354 e. The Morgan fingerprint density at radius 3 is 2.61 bits per heavy atom. The SMILES string of the molecule is Cc1cccc(CN(C)c2ccc(CCl)nn2)c1. The molecule has 0 fully saturated rings. The number of alkyl halides is 1. The van der Waals surface area contributed by atoms with Gasteiger partial charge in [0, 0.05) is 13.6 Å². The van der Waals surface area contributed by atoms with E-state index in [0.29, 0.717) is 5.88 Å². The Morgan fingerprint density at radius 1 is 1.17 bits per heavy atom. The van der Waals surface area contributed by atoms with Gasteiger partial charge in [-0.25, -0.2) is 0 Å².